The van der Waals surface area contributed by atoms with E-state index in [4.69, 9.17) is 5.73 Å². The minimum Gasteiger partial charge on any atom is -0.330 e. The van der Waals surface area contributed by atoms with Crippen LogP contribution in [0.25, 0.3) is 0 Å². The molecule has 0 aliphatic heterocycles. The Morgan fingerprint density at radius 1 is 1.50 bits per heavy atom. The highest BCUT2D eigenvalue weighted by Gasteiger charge is 2.11. The van der Waals surface area contributed by atoms with E-state index in [0.717, 1.165) is 10.1 Å². The number of aryl methyl sites for hydroxylation is 1. The quantitative estimate of drug-likeness (QED) is 0.845. The molecular formula is C14H18ClFN4OS. The van der Waals surface area contributed by atoms with Crippen LogP contribution >= 0.6 is 24.2 Å². The van der Waals surface area contributed by atoms with Gasteiger partial charge in [-0.3, -0.25) is 4.79 Å². The van der Waals surface area contributed by atoms with Crippen molar-refractivity contribution in [3.05, 3.63) is 36.4 Å². The first-order valence-electron chi connectivity index (χ1n) is 6.55. The molecule has 0 spiro atoms. The highest BCUT2D eigenvalue weighted by Crippen LogP contribution is 2.32. The minimum atomic E-state index is -0.395. The van der Waals surface area contributed by atoms with Crippen LogP contribution in [0.15, 0.2) is 40.6 Å². The number of amides is 1. The van der Waals surface area contributed by atoms with Gasteiger partial charge in [0.15, 0.2) is 5.16 Å². The van der Waals surface area contributed by atoms with E-state index >= 15 is 0 Å². The first-order chi connectivity index (χ1) is 10.1. The fourth-order valence-corrected chi connectivity index (χ4v) is 2.58. The maximum Gasteiger partial charge on any atom is 0.224 e. The zero-order valence-corrected chi connectivity index (χ0v) is 13.7. The zero-order valence-electron chi connectivity index (χ0n) is 12.1. The van der Waals surface area contributed by atoms with E-state index in [1.54, 1.807) is 12.3 Å². The number of carbonyl (C=O) groups excluding carboxylic acids is 1. The Morgan fingerprint density at radius 2 is 2.27 bits per heavy atom. The smallest absolute Gasteiger partial charge is 0.224 e. The van der Waals surface area contributed by atoms with Crippen LogP contribution in [-0.2, 0) is 11.8 Å². The lowest BCUT2D eigenvalue weighted by Crippen LogP contribution is -2.14. The lowest BCUT2D eigenvalue weighted by Gasteiger charge is -2.10. The second-order valence-corrected chi connectivity index (χ2v) is 5.51. The first kappa shape index (κ1) is 18.5. The molecule has 1 aromatic heterocycles. The highest BCUT2D eigenvalue weighted by molar-refractivity contribution is 7.99. The average Bonchev–Trinajstić information content (AvgIpc) is 2.85. The molecule has 5 nitrogen and oxygen atoms in total. The second kappa shape index (κ2) is 8.77. The number of imidazole rings is 1. The van der Waals surface area contributed by atoms with Gasteiger partial charge in [0, 0.05) is 30.8 Å². The number of anilines is 1. The minimum absolute atomic E-state index is 0. The molecule has 0 aliphatic rings. The van der Waals surface area contributed by atoms with Crippen LogP contribution in [0.1, 0.15) is 12.8 Å². The Balaban J connectivity index is 0.00000242. The largest absolute Gasteiger partial charge is 0.330 e. The molecule has 0 atom stereocenters. The van der Waals surface area contributed by atoms with E-state index in [-0.39, 0.29) is 18.3 Å². The molecule has 0 saturated carbocycles. The second-order valence-electron chi connectivity index (χ2n) is 4.50. The molecule has 0 unspecified atom stereocenters. The van der Waals surface area contributed by atoms with E-state index < -0.39 is 5.82 Å². The van der Waals surface area contributed by atoms with Crippen molar-refractivity contribution in [1.29, 1.82) is 0 Å². The number of nitrogens with two attached hydrogens (primary N) is 1. The molecule has 8 heteroatoms. The van der Waals surface area contributed by atoms with Gasteiger partial charge in [-0.2, -0.15) is 0 Å². The molecule has 22 heavy (non-hydrogen) atoms. The molecule has 1 amide bonds. The highest BCUT2D eigenvalue weighted by atomic mass is 35.5. The van der Waals surface area contributed by atoms with Gasteiger partial charge in [0.25, 0.3) is 0 Å². The predicted molar refractivity (Wildman–Crippen MR) is 87.9 cm³/mol. The van der Waals surface area contributed by atoms with Crippen molar-refractivity contribution in [2.24, 2.45) is 12.8 Å². The maximum atomic E-state index is 13.4. The van der Waals surface area contributed by atoms with Gasteiger partial charge in [-0.05, 0) is 42.9 Å². The van der Waals surface area contributed by atoms with Gasteiger partial charge in [-0.25, -0.2) is 9.37 Å². The Hall–Kier alpha value is -1.57. The molecule has 1 heterocycles. The molecule has 3 N–H and O–H groups in total. The summed E-state index contributed by atoms with van der Waals surface area (Å²) < 4.78 is 15.3. The van der Waals surface area contributed by atoms with Gasteiger partial charge in [-0.15, -0.1) is 12.4 Å². The SMILES string of the molecule is Cl.Cn1ccnc1Sc1ccc(F)cc1NC(=O)CCCN. The van der Waals surface area contributed by atoms with Crippen LogP contribution in [0.3, 0.4) is 0 Å². The third-order valence-electron chi connectivity index (χ3n) is 2.80. The summed E-state index contributed by atoms with van der Waals surface area (Å²) in [5, 5.41) is 3.49. The van der Waals surface area contributed by atoms with Crippen LogP contribution in [-0.4, -0.2) is 22.0 Å². The summed E-state index contributed by atoms with van der Waals surface area (Å²) >= 11 is 1.37. The molecule has 120 valence electrons. The fraction of sp³-hybridized carbons (Fsp3) is 0.286. The molecule has 0 fully saturated rings. The number of nitrogens with zero attached hydrogens (tertiary/aromatic N) is 2. The monoisotopic (exact) mass is 344 g/mol. The van der Waals surface area contributed by atoms with E-state index in [9.17, 15) is 9.18 Å². The van der Waals surface area contributed by atoms with Crippen molar-refractivity contribution in [2.75, 3.05) is 11.9 Å². The molecule has 0 bridgehead atoms. The van der Waals surface area contributed by atoms with Gasteiger partial charge in [-0.1, -0.05) is 0 Å². The number of hydrogen-bond acceptors (Lipinski definition) is 4. The van der Waals surface area contributed by atoms with Crippen LogP contribution in [0.4, 0.5) is 10.1 Å². The Kier molecular flexibility index (Phi) is 7.37. The van der Waals surface area contributed by atoms with Crippen molar-refractivity contribution in [3.63, 3.8) is 0 Å². The summed E-state index contributed by atoms with van der Waals surface area (Å²) in [6.45, 7) is 0.450. The van der Waals surface area contributed by atoms with Gasteiger partial charge in [0.2, 0.25) is 5.91 Å². The number of rotatable bonds is 6. The normalized spacial score (nSPS) is 10.1. The van der Waals surface area contributed by atoms with Crippen LogP contribution in [0, 0.1) is 5.82 Å². The summed E-state index contributed by atoms with van der Waals surface area (Å²) in [6, 6.07) is 4.31. The lowest BCUT2D eigenvalue weighted by atomic mass is 10.2. The van der Waals surface area contributed by atoms with Crippen molar-refractivity contribution in [1.82, 2.24) is 9.55 Å². The van der Waals surface area contributed by atoms with Crippen molar-refractivity contribution in [2.45, 2.75) is 22.9 Å². The maximum absolute atomic E-state index is 13.4. The lowest BCUT2D eigenvalue weighted by molar-refractivity contribution is -0.116. The number of carbonyl (C=O) groups is 1. The topological polar surface area (TPSA) is 72.9 Å². The Morgan fingerprint density at radius 3 is 2.91 bits per heavy atom. The summed E-state index contributed by atoms with van der Waals surface area (Å²) in [5.41, 5.74) is 5.83. The molecular weight excluding hydrogens is 327 g/mol. The van der Waals surface area contributed by atoms with Crippen molar-refractivity contribution >= 4 is 35.8 Å². The third kappa shape index (κ3) is 5.01. The number of halogens is 2. The molecule has 1 aromatic carbocycles. The molecule has 2 rings (SSSR count). The van der Waals surface area contributed by atoms with Gasteiger partial charge in [0.05, 0.1) is 5.69 Å². The van der Waals surface area contributed by atoms with E-state index in [2.05, 4.69) is 10.3 Å². The van der Waals surface area contributed by atoms with E-state index in [1.807, 2.05) is 17.8 Å². The number of aromatic nitrogens is 2. The van der Waals surface area contributed by atoms with Crippen LogP contribution in [0.5, 0.6) is 0 Å². The number of hydrogen-bond donors (Lipinski definition) is 2. The van der Waals surface area contributed by atoms with Gasteiger partial charge >= 0.3 is 0 Å². The van der Waals surface area contributed by atoms with Crippen molar-refractivity contribution in [3.8, 4) is 0 Å². The number of benzene rings is 1. The van der Waals surface area contributed by atoms with Crippen molar-refractivity contribution < 1.29 is 9.18 Å². The summed E-state index contributed by atoms with van der Waals surface area (Å²) in [5.74, 6) is -0.568. The zero-order chi connectivity index (χ0) is 15.2. The summed E-state index contributed by atoms with van der Waals surface area (Å²) in [4.78, 5) is 16.7. The van der Waals surface area contributed by atoms with E-state index in [0.29, 0.717) is 25.1 Å². The molecule has 2 aromatic rings. The van der Waals surface area contributed by atoms with Gasteiger partial charge < -0.3 is 15.6 Å². The molecule has 0 aliphatic carbocycles. The summed E-state index contributed by atoms with van der Waals surface area (Å²) in [6.07, 6.45) is 4.43. The molecule has 0 radical (unpaired) electrons. The standard InChI is InChI=1S/C14H17FN4OS.ClH/c1-19-8-7-17-14(19)21-12-5-4-10(15)9-11(12)18-13(20)3-2-6-16;/h4-5,7-9H,2-3,6,16H2,1H3,(H,18,20);1H. The Labute approximate surface area is 138 Å². The predicted octanol–water partition coefficient (Wildman–Crippen LogP) is 2.81. The fourth-order valence-electron chi connectivity index (χ4n) is 1.71. The van der Waals surface area contributed by atoms with Crippen LogP contribution in [0.2, 0.25) is 0 Å². The van der Waals surface area contributed by atoms with Gasteiger partial charge in [0.1, 0.15) is 5.82 Å². The molecule has 0 saturated heterocycles. The summed E-state index contributed by atoms with van der Waals surface area (Å²) in [7, 11) is 1.87. The average molecular weight is 345 g/mol. The van der Waals surface area contributed by atoms with E-state index in [1.165, 1.54) is 23.9 Å². The Bertz CT molecular complexity index is 635. The van der Waals surface area contributed by atoms with Crippen LogP contribution < -0.4 is 11.1 Å². The first-order valence-corrected chi connectivity index (χ1v) is 7.36. The number of nitrogens with one attached hydrogen (secondary N) is 1. The third-order valence-corrected chi connectivity index (χ3v) is 3.95.